The molecule has 0 aliphatic rings. The van der Waals surface area contributed by atoms with Gasteiger partial charge in [0.1, 0.15) is 11.3 Å². The van der Waals surface area contributed by atoms with E-state index >= 15 is 0 Å². The number of carbonyl (C=O) groups excluding carboxylic acids is 2. The molecule has 0 unspecified atom stereocenters. The number of fused-ring (bicyclic) bond motifs is 1. The smallest absolute Gasteiger partial charge is 0.374 e. The number of pyridine rings is 1. The van der Waals surface area contributed by atoms with Crippen LogP contribution in [0.3, 0.4) is 0 Å². The molecule has 0 fully saturated rings. The van der Waals surface area contributed by atoms with Crippen molar-refractivity contribution in [1.29, 1.82) is 0 Å². The van der Waals surface area contributed by atoms with Crippen molar-refractivity contribution in [1.82, 2.24) is 9.88 Å². The van der Waals surface area contributed by atoms with Gasteiger partial charge in [0.05, 0.1) is 18.7 Å². The van der Waals surface area contributed by atoms with E-state index in [1.54, 1.807) is 31.2 Å². The van der Waals surface area contributed by atoms with Gasteiger partial charge >= 0.3 is 5.97 Å². The first kappa shape index (κ1) is 19.7. The highest BCUT2D eigenvalue weighted by Gasteiger charge is 2.17. The van der Waals surface area contributed by atoms with E-state index in [9.17, 15) is 14.4 Å². The number of furan rings is 1. The summed E-state index contributed by atoms with van der Waals surface area (Å²) in [7, 11) is 0. The third kappa shape index (κ3) is 3.94. The van der Waals surface area contributed by atoms with Crippen LogP contribution in [0.5, 0.6) is 0 Å². The minimum Gasteiger partial charge on any atom is -0.460 e. The van der Waals surface area contributed by atoms with Crippen LogP contribution in [0.2, 0.25) is 5.02 Å². The molecule has 0 spiro atoms. The summed E-state index contributed by atoms with van der Waals surface area (Å²) in [6.45, 7) is 4.46. The summed E-state index contributed by atoms with van der Waals surface area (Å²) in [5, 5.41) is 3.44. The van der Waals surface area contributed by atoms with Crippen LogP contribution in [0.1, 0.15) is 40.5 Å². The van der Waals surface area contributed by atoms with E-state index in [-0.39, 0.29) is 24.5 Å². The molecule has 0 saturated carbocycles. The van der Waals surface area contributed by atoms with Gasteiger partial charge in [0.25, 0.3) is 5.91 Å². The molecule has 0 radical (unpaired) electrons. The van der Waals surface area contributed by atoms with Crippen LogP contribution in [0.25, 0.3) is 10.9 Å². The Labute approximate surface area is 165 Å². The maximum Gasteiger partial charge on any atom is 0.374 e. The summed E-state index contributed by atoms with van der Waals surface area (Å²) in [6.07, 6.45) is 1.53. The van der Waals surface area contributed by atoms with Gasteiger partial charge in [-0.05, 0) is 44.2 Å². The van der Waals surface area contributed by atoms with E-state index in [1.807, 2.05) is 11.5 Å². The summed E-state index contributed by atoms with van der Waals surface area (Å²) in [6, 6.07) is 8.05. The van der Waals surface area contributed by atoms with Crippen molar-refractivity contribution in [2.24, 2.45) is 0 Å². The van der Waals surface area contributed by atoms with Crippen molar-refractivity contribution in [3.05, 3.63) is 68.9 Å². The number of carbonyl (C=O) groups is 2. The Balaban J connectivity index is 1.83. The van der Waals surface area contributed by atoms with Gasteiger partial charge in [-0.15, -0.1) is 0 Å². The number of hydrogen-bond donors (Lipinski definition) is 1. The largest absolute Gasteiger partial charge is 0.460 e. The van der Waals surface area contributed by atoms with Crippen molar-refractivity contribution in [3.8, 4) is 0 Å². The number of ether oxygens (including phenoxy) is 1. The van der Waals surface area contributed by atoms with Gasteiger partial charge in [0.15, 0.2) is 0 Å². The van der Waals surface area contributed by atoms with Crippen LogP contribution >= 0.6 is 11.6 Å². The lowest BCUT2D eigenvalue weighted by atomic mass is 10.1. The summed E-state index contributed by atoms with van der Waals surface area (Å²) >= 11 is 6.01. The topological polar surface area (TPSA) is 90.5 Å². The minimum atomic E-state index is -0.572. The zero-order valence-electron chi connectivity index (χ0n) is 15.5. The lowest BCUT2D eigenvalue weighted by Crippen LogP contribution is -2.29. The predicted molar refractivity (Wildman–Crippen MR) is 105 cm³/mol. The van der Waals surface area contributed by atoms with E-state index in [1.165, 1.54) is 12.3 Å². The molecule has 146 valence electrons. The van der Waals surface area contributed by atoms with Gasteiger partial charge in [-0.1, -0.05) is 11.6 Å². The molecule has 0 aliphatic heterocycles. The first-order chi connectivity index (χ1) is 13.4. The Hall–Kier alpha value is -3.06. The van der Waals surface area contributed by atoms with Crippen LogP contribution in [0, 0.1) is 0 Å². The number of rotatable bonds is 6. The fourth-order valence-corrected chi connectivity index (χ4v) is 3.01. The second kappa shape index (κ2) is 8.31. The first-order valence-corrected chi connectivity index (χ1v) is 9.19. The second-order valence-corrected chi connectivity index (χ2v) is 6.42. The monoisotopic (exact) mass is 402 g/mol. The summed E-state index contributed by atoms with van der Waals surface area (Å²) < 4.78 is 12.0. The molecule has 1 amide bonds. The Bertz CT molecular complexity index is 1100. The highest BCUT2D eigenvalue weighted by Crippen LogP contribution is 2.18. The standard InChI is InChI=1S/C20H19ClN2O5/c1-3-23-11-15(18(24)14-9-12(21)5-7-16(14)23)19(25)22-10-13-6-8-17(28-13)20(26)27-4-2/h5-9,11H,3-4,10H2,1-2H3,(H,22,25). The highest BCUT2D eigenvalue weighted by molar-refractivity contribution is 6.31. The maximum absolute atomic E-state index is 12.7. The first-order valence-electron chi connectivity index (χ1n) is 8.81. The molecule has 0 saturated heterocycles. The van der Waals surface area contributed by atoms with E-state index in [4.69, 9.17) is 20.8 Å². The Morgan fingerprint density at radius 2 is 2.00 bits per heavy atom. The average Bonchev–Trinajstić information content (AvgIpc) is 3.16. The van der Waals surface area contributed by atoms with Crippen LogP contribution in [0.15, 0.2) is 45.7 Å². The van der Waals surface area contributed by atoms with Crippen molar-refractivity contribution < 1.29 is 18.7 Å². The molecule has 28 heavy (non-hydrogen) atoms. The van der Waals surface area contributed by atoms with E-state index in [0.29, 0.717) is 28.2 Å². The Morgan fingerprint density at radius 3 is 2.71 bits per heavy atom. The van der Waals surface area contributed by atoms with Gasteiger partial charge in [0, 0.05) is 23.2 Å². The third-order valence-corrected chi connectivity index (χ3v) is 4.42. The van der Waals surface area contributed by atoms with Crippen molar-refractivity contribution >= 4 is 34.4 Å². The van der Waals surface area contributed by atoms with E-state index in [0.717, 1.165) is 0 Å². The molecule has 3 rings (SSSR count). The normalized spacial score (nSPS) is 10.8. The zero-order chi connectivity index (χ0) is 20.3. The lowest BCUT2D eigenvalue weighted by molar-refractivity contribution is 0.0488. The van der Waals surface area contributed by atoms with Gasteiger partial charge in [-0.25, -0.2) is 4.79 Å². The van der Waals surface area contributed by atoms with Crippen LogP contribution in [0.4, 0.5) is 0 Å². The van der Waals surface area contributed by atoms with Gasteiger partial charge in [-0.2, -0.15) is 0 Å². The zero-order valence-corrected chi connectivity index (χ0v) is 16.2. The number of amides is 1. The molecule has 2 aromatic heterocycles. The average molecular weight is 403 g/mol. The number of hydrogen-bond acceptors (Lipinski definition) is 5. The molecule has 2 heterocycles. The molecule has 0 bridgehead atoms. The predicted octanol–water partition coefficient (Wildman–Crippen LogP) is 3.37. The molecule has 7 nitrogen and oxygen atoms in total. The Morgan fingerprint density at radius 1 is 1.21 bits per heavy atom. The van der Waals surface area contributed by atoms with E-state index in [2.05, 4.69) is 5.32 Å². The third-order valence-electron chi connectivity index (χ3n) is 4.19. The minimum absolute atomic E-state index is 0.00814. The number of aryl methyl sites for hydroxylation is 1. The molecule has 1 aromatic carbocycles. The van der Waals surface area contributed by atoms with Gasteiger partial charge in [0.2, 0.25) is 11.2 Å². The van der Waals surface area contributed by atoms with Gasteiger partial charge < -0.3 is 19.0 Å². The van der Waals surface area contributed by atoms with Crippen LogP contribution in [-0.4, -0.2) is 23.1 Å². The quantitative estimate of drug-likeness (QED) is 0.638. The highest BCUT2D eigenvalue weighted by atomic mass is 35.5. The number of esters is 1. The SMILES string of the molecule is CCOC(=O)c1ccc(CNC(=O)c2cn(CC)c3ccc(Cl)cc3c2=O)o1. The molecule has 0 atom stereocenters. The van der Waals surface area contributed by atoms with Crippen molar-refractivity contribution in [2.45, 2.75) is 26.9 Å². The summed E-state index contributed by atoms with van der Waals surface area (Å²) in [4.78, 5) is 37.0. The number of nitrogens with one attached hydrogen (secondary N) is 1. The van der Waals surface area contributed by atoms with Crippen LogP contribution < -0.4 is 10.7 Å². The molecular weight excluding hydrogens is 384 g/mol. The van der Waals surface area contributed by atoms with Gasteiger partial charge in [-0.3, -0.25) is 9.59 Å². The lowest BCUT2D eigenvalue weighted by Gasteiger charge is -2.11. The van der Waals surface area contributed by atoms with Crippen LogP contribution in [-0.2, 0) is 17.8 Å². The maximum atomic E-state index is 12.7. The van der Waals surface area contributed by atoms with E-state index < -0.39 is 17.3 Å². The second-order valence-electron chi connectivity index (χ2n) is 5.99. The summed E-state index contributed by atoms with van der Waals surface area (Å²) in [5.41, 5.74) is 0.318. The number of aromatic nitrogens is 1. The number of halogens is 1. The molecule has 8 heteroatoms. The number of benzene rings is 1. The fraction of sp³-hybridized carbons (Fsp3) is 0.250. The van der Waals surface area contributed by atoms with Crippen molar-refractivity contribution in [3.63, 3.8) is 0 Å². The molecule has 3 aromatic rings. The molecular formula is C20H19ClN2O5. The van der Waals surface area contributed by atoms with Crippen molar-refractivity contribution in [2.75, 3.05) is 6.61 Å². The fourth-order valence-electron chi connectivity index (χ4n) is 2.84. The molecule has 0 aliphatic carbocycles. The molecule has 1 N–H and O–H groups in total. The Kier molecular flexibility index (Phi) is 5.84. The number of nitrogens with zero attached hydrogens (tertiary/aromatic N) is 1. The summed E-state index contributed by atoms with van der Waals surface area (Å²) in [5.74, 6) is -0.684.